The van der Waals surface area contributed by atoms with Crippen LogP contribution in [0, 0.1) is 0 Å². The van der Waals surface area contributed by atoms with Crippen LogP contribution in [0.1, 0.15) is 18.0 Å². The third-order valence-electron chi connectivity index (χ3n) is 3.54. The summed E-state index contributed by atoms with van der Waals surface area (Å²) >= 11 is 1.56. The number of hydrogen-bond donors (Lipinski definition) is 2. The first-order valence-electron chi connectivity index (χ1n) is 7.37. The number of carbonyl (C=O) groups excluding carboxylic acids is 1. The van der Waals surface area contributed by atoms with E-state index in [0.29, 0.717) is 13.2 Å². The summed E-state index contributed by atoms with van der Waals surface area (Å²) < 4.78 is 5.46. The predicted molar refractivity (Wildman–Crippen MR) is 94.0 cm³/mol. The monoisotopic (exact) mass is 353 g/mol. The second-order valence-electron chi connectivity index (χ2n) is 5.23. The van der Waals surface area contributed by atoms with Gasteiger partial charge in [0.2, 0.25) is 0 Å². The Labute approximate surface area is 145 Å². The molecule has 1 aromatic carbocycles. The van der Waals surface area contributed by atoms with Crippen LogP contribution in [0.3, 0.4) is 0 Å². The maximum atomic E-state index is 12.2. The topological polar surface area (TPSA) is 63.2 Å². The highest BCUT2D eigenvalue weighted by molar-refractivity contribution is 7.10. The van der Waals surface area contributed by atoms with Crippen molar-refractivity contribution in [2.45, 2.75) is 19.1 Å². The molecule has 0 saturated carbocycles. The van der Waals surface area contributed by atoms with E-state index in [4.69, 9.17) is 4.74 Å². The molecule has 0 radical (unpaired) electrons. The minimum absolute atomic E-state index is 0. The zero-order valence-electron chi connectivity index (χ0n) is 12.8. The van der Waals surface area contributed by atoms with Crippen LogP contribution in [0.2, 0.25) is 0 Å². The smallest absolute Gasteiger partial charge is 0.251 e. The van der Waals surface area contributed by atoms with Crippen molar-refractivity contribution in [3.8, 4) is 11.3 Å². The Morgan fingerprint density at radius 3 is 2.91 bits per heavy atom. The molecule has 2 atom stereocenters. The molecular formula is C16H20ClN3O2S. The van der Waals surface area contributed by atoms with Gasteiger partial charge in [0, 0.05) is 24.0 Å². The van der Waals surface area contributed by atoms with Gasteiger partial charge in [0.05, 0.1) is 18.3 Å². The number of nitrogens with zero attached hydrogens (tertiary/aromatic N) is 1. The molecule has 1 fully saturated rings. The van der Waals surface area contributed by atoms with Gasteiger partial charge >= 0.3 is 0 Å². The summed E-state index contributed by atoms with van der Waals surface area (Å²) in [5.41, 5.74) is 2.03. The highest BCUT2D eigenvalue weighted by Crippen LogP contribution is 2.25. The molecule has 23 heavy (non-hydrogen) atoms. The second kappa shape index (κ2) is 8.40. The Hall–Kier alpha value is -1.47. The normalized spacial score (nSPS) is 18.7. The fourth-order valence-electron chi connectivity index (χ4n) is 2.33. The quantitative estimate of drug-likeness (QED) is 0.886. The van der Waals surface area contributed by atoms with Gasteiger partial charge in [-0.1, -0.05) is 30.3 Å². The van der Waals surface area contributed by atoms with E-state index in [2.05, 4.69) is 15.6 Å². The third-order valence-corrected chi connectivity index (χ3v) is 4.57. The van der Waals surface area contributed by atoms with Crippen LogP contribution in [0.25, 0.3) is 11.3 Å². The number of hydrogen-bond acceptors (Lipinski definition) is 5. The number of nitrogens with one attached hydrogen (secondary N) is 2. The van der Waals surface area contributed by atoms with Gasteiger partial charge in [-0.2, -0.15) is 0 Å². The van der Waals surface area contributed by atoms with Crippen molar-refractivity contribution >= 4 is 29.7 Å². The molecule has 1 saturated heterocycles. The van der Waals surface area contributed by atoms with Crippen molar-refractivity contribution in [3.63, 3.8) is 0 Å². The standard InChI is InChI=1S/C16H19N3O2S.ClH/c1-11(18-15(20)14-9-17-7-8-21-14)16-19-13(10-22-16)12-5-3-2-4-6-12;/h2-6,10-11,14,17H,7-9H2,1H3,(H,18,20);1H. The van der Waals surface area contributed by atoms with Gasteiger partial charge in [0.1, 0.15) is 11.1 Å². The van der Waals surface area contributed by atoms with Crippen molar-refractivity contribution in [2.24, 2.45) is 0 Å². The fraction of sp³-hybridized carbons (Fsp3) is 0.375. The number of morpholine rings is 1. The summed E-state index contributed by atoms with van der Waals surface area (Å²) in [6.45, 7) is 3.88. The fourth-order valence-corrected chi connectivity index (χ4v) is 3.17. The van der Waals surface area contributed by atoms with Crippen LogP contribution < -0.4 is 10.6 Å². The molecule has 1 amide bonds. The Balaban J connectivity index is 0.00000192. The average molecular weight is 354 g/mol. The molecule has 2 aromatic rings. The van der Waals surface area contributed by atoms with Gasteiger partial charge in [-0.15, -0.1) is 23.7 Å². The number of aromatic nitrogens is 1. The SMILES string of the molecule is CC(NC(=O)C1CNCCO1)c1nc(-c2ccccc2)cs1.Cl. The summed E-state index contributed by atoms with van der Waals surface area (Å²) in [4.78, 5) is 16.8. The van der Waals surface area contributed by atoms with Gasteiger partial charge in [-0.3, -0.25) is 4.79 Å². The Morgan fingerprint density at radius 1 is 1.43 bits per heavy atom. The Bertz CT molecular complexity index is 629. The number of thiazole rings is 1. The summed E-state index contributed by atoms with van der Waals surface area (Å²) in [7, 11) is 0. The van der Waals surface area contributed by atoms with Crippen molar-refractivity contribution in [3.05, 3.63) is 40.7 Å². The number of carbonyl (C=O) groups is 1. The molecule has 3 rings (SSSR count). The van der Waals surface area contributed by atoms with Crippen molar-refractivity contribution in [2.75, 3.05) is 19.7 Å². The molecule has 1 aliphatic heterocycles. The molecule has 5 nitrogen and oxygen atoms in total. The minimum atomic E-state index is -0.412. The lowest BCUT2D eigenvalue weighted by atomic mass is 10.2. The Kier molecular flexibility index (Phi) is 6.53. The van der Waals surface area contributed by atoms with Crippen LogP contribution in [-0.4, -0.2) is 36.7 Å². The summed E-state index contributed by atoms with van der Waals surface area (Å²) in [6.07, 6.45) is -0.412. The van der Waals surface area contributed by atoms with E-state index >= 15 is 0 Å². The van der Waals surface area contributed by atoms with Crippen molar-refractivity contribution in [1.82, 2.24) is 15.6 Å². The van der Waals surface area contributed by atoms with E-state index in [1.54, 1.807) is 11.3 Å². The minimum Gasteiger partial charge on any atom is -0.366 e. The molecule has 0 aliphatic carbocycles. The van der Waals surface area contributed by atoms with E-state index in [1.807, 2.05) is 42.6 Å². The highest BCUT2D eigenvalue weighted by Gasteiger charge is 2.24. The van der Waals surface area contributed by atoms with Crippen molar-refractivity contribution < 1.29 is 9.53 Å². The number of benzene rings is 1. The molecule has 1 aromatic heterocycles. The largest absolute Gasteiger partial charge is 0.366 e. The number of rotatable bonds is 4. The first-order valence-corrected chi connectivity index (χ1v) is 8.25. The molecule has 2 heterocycles. The lowest BCUT2D eigenvalue weighted by Crippen LogP contribution is -2.48. The van der Waals surface area contributed by atoms with Gasteiger partial charge in [0.15, 0.2) is 0 Å². The highest BCUT2D eigenvalue weighted by atomic mass is 35.5. The number of halogens is 1. The van der Waals surface area contributed by atoms with Gasteiger partial charge in [0.25, 0.3) is 5.91 Å². The van der Waals surface area contributed by atoms with Crippen LogP contribution >= 0.6 is 23.7 Å². The molecule has 0 bridgehead atoms. The lowest BCUT2D eigenvalue weighted by Gasteiger charge is -2.24. The van der Waals surface area contributed by atoms with E-state index in [-0.39, 0.29) is 24.4 Å². The molecule has 7 heteroatoms. The van der Waals surface area contributed by atoms with Gasteiger partial charge < -0.3 is 15.4 Å². The van der Waals surface area contributed by atoms with Crippen molar-refractivity contribution in [1.29, 1.82) is 0 Å². The van der Waals surface area contributed by atoms with Crippen LogP contribution in [0.15, 0.2) is 35.7 Å². The van der Waals surface area contributed by atoms with Gasteiger partial charge in [-0.05, 0) is 6.92 Å². The van der Waals surface area contributed by atoms with E-state index in [1.165, 1.54) is 0 Å². The zero-order chi connectivity index (χ0) is 15.4. The molecule has 2 unspecified atom stereocenters. The summed E-state index contributed by atoms with van der Waals surface area (Å²) in [5, 5.41) is 9.05. The van der Waals surface area contributed by atoms with E-state index in [0.717, 1.165) is 22.8 Å². The van der Waals surface area contributed by atoms with E-state index < -0.39 is 6.10 Å². The average Bonchev–Trinajstić information content (AvgIpc) is 3.06. The third kappa shape index (κ3) is 4.51. The van der Waals surface area contributed by atoms with Gasteiger partial charge in [-0.25, -0.2) is 4.98 Å². The molecule has 0 spiro atoms. The first kappa shape index (κ1) is 17.9. The maximum absolute atomic E-state index is 12.2. The Morgan fingerprint density at radius 2 is 2.22 bits per heavy atom. The number of ether oxygens (including phenoxy) is 1. The van der Waals surface area contributed by atoms with E-state index in [9.17, 15) is 4.79 Å². The predicted octanol–water partition coefficient (Wildman–Crippen LogP) is 2.40. The zero-order valence-corrected chi connectivity index (χ0v) is 14.5. The molecule has 2 N–H and O–H groups in total. The molecule has 124 valence electrons. The summed E-state index contributed by atoms with van der Waals surface area (Å²) in [5.74, 6) is -0.0869. The first-order chi connectivity index (χ1) is 10.7. The van der Waals surface area contributed by atoms with Crippen LogP contribution in [0.4, 0.5) is 0 Å². The molecular weight excluding hydrogens is 334 g/mol. The van der Waals surface area contributed by atoms with Crippen LogP contribution in [0.5, 0.6) is 0 Å². The van der Waals surface area contributed by atoms with Crippen LogP contribution in [-0.2, 0) is 9.53 Å². The number of amides is 1. The summed E-state index contributed by atoms with van der Waals surface area (Å²) in [6, 6.07) is 9.91. The second-order valence-corrected chi connectivity index (χ2v) is 6.12. The molecule has 1 aliphatic rings. The lowest BCUT2D eigenvalue weighted by molar-refractivity contribution is -0.134. The maximum Gasteiger partial charge on any atom is 0.251 e.